The molecule has 3 aromatic carbocycles. The van der Waals surface area contributed by atoms with Gasteiger partial charge in [-0.25, -0.2) is 14.4 Å². The van der Waals surface area contributed by atoms with Crippen molar-refractivity contribution in [3.8, 4) is 17.2 Å². The van der Waals surface area contributed by atoms with Gasteiger partial charge < -0.3 is 208 Å². The SMILES string of the molecule is CC(C)c1cccc(C(C)C)c1OC(=O)OC(COC1OC(CO)C(O)C(O)C1O)COC1OC(CO)C(O)C(O)C1O.CC(C)c1cccc(C(C)C)c1OC(=O)OCC(COC1OC(CO)C(O)C(O)C1O)COC1OC(CO)C(O)C(O)C1O.CC(C)c1cccc(C(C)C)c1OC(=O)OCCC(COC1OC(CO)C(O)C(O)C1O)COC1OC(CO)C(O)C(O)C1O. The largest absolute Gasteiger partial charge is 0.514 e. The van der Waals surface area contributed by atoms with E-state index >= 15 is 0 Å². The lowest BCUT2D eigenvalue weighted by Crippen LogP contribution is -2.60. The molecule has 0 bridgehead atoms. The molecule has 0 radical (unpaired) electrons. The van der Waals surface area contributed by atoms with Gasteiger partial charge in [0.05, 0.1) is 85.9 Å². The van der Waals surface area contributed by atoms with Gasteiger partial charge in [-0.1, -0.05) is 138 Å². The second kappa shape index (κ2) is 53.8. The number of ether oxygens (including phenoxy) is 18. The molecule has 6 aliphatic heterocycles. The number of hydrogen-bond donors (Lipinski definition) is 24. The van der Waals surface area contributed by atoms with Crippen molar-refractivity contribution in [2.75, 3.05) is 92.5 Å². The van der Waals surface area contributed by atoms with Gasteiger partial charge in [0, 0.05) is 11.8 Å². The molecule has 6 fully saturated rings. The van der Waals surface area contributed by atoms with E-state index in [2.05, 4.69) is 0 Å². The van der Waals surface area contributed by atoms with Crippen LogP contribution in [0.2, 0.25) is 0 Å². The minimum absolute atomic E-state index is 0.00124. The second-order valence-electron chi connectivity index (χ2n) is 34.9. The summed E-state index contributed by atoms with van der Waals surface area (Å²) in [6.07, 6.45) is -50.5. The van der Waals surface area contributed by atoms with Crippen LogP contribution in [-0.4, -0.2) is 424 Å². The molecule has 45 heteroatoms. The average Bonchev–Trinajstić information content (AvgIpc) is 0.818. The van der Waals surface area contributed by atoms with Crippen LogP contribution in [0, 0.1) is 11.8 Å². The molecule has 756 valence electrons. The van der Waals surface area contributed by atoms with Gasteiger partial charge in [-0.2, -0.15) is 0 Å². The predicted molar refractivity (Wildman–Crippen MR) is 449 cm³/mol. The van der Waals surface area contributed by atoms with Gasteiger partial charge in [0.2, 0.25) is 0 Å². The Labute approximate surface area is 762 Å². The lowest BCUT2D eigenvalue weighted by atomic mass is 9.94. The lowest BCUT2D eigenvalue weighted by molar-refractivity contribution is -0.314. The molecule has 0 amide bonds. The summed E-state index contributed by atoms with van der Waals surface area (Å²) in [6.45, 7) is 16.7. The third-order valence-corrected chi connectivity index (χ3v) is 22.9. The van der Waals surface area contributed by atoms with Gasteiger partial charge in [0.1, 0.15) is 170 Å². The predicted octanol–water partition coefficient (Wildman–Crippen LogP) is -3.76. The van der Waals surface area contributed by atoms with Crippen LogP contribution in [-0.2, 0) is 71.1 Å². The lowest BCUT2D eigenvalue weighted by Gasteiger charge is -2.40. The highest BCUT2D eigenvalue weighted by Crippen LogP contribution is 2.40. The molecule has 30 atom stereocenters. The molecular weight excluding hydrogens is 1760 g/mol. The van der Waals surface area contributed by atoms with Crippen LogP contribution in [0.3, 0.4) is 0 Å². The smallest absolute Gasteiger partial charge is 0.434 e. The standard InChI is InChI=1S/C30H48O15.C29H46O15.C28H44O15/c1-14(2)17-6-5-7-18(15(3)4)27(17)45-30(39)40-9-8-16(12-41-28-25(37)23(35)21(33)19(10-31)43-28)13-42-29-26(38)24(36)22(34)20(11-32)44-29;1-13(2)16-6-5-7-17(14(3)4)26(16)44-29(38)41-12-15(10-39-27-24(36)22(34)20(32)18(8-30)42-27)11-40-28-25(37)23(35)21(33)19(9-31)43-28;1-12(2)15-6-5-7-16(13(3)4)25(15)43-28(37)40-14(10-38-26-23(35)21(33)19(31)17(8-29)41-26)11-39-27-24(36)22(34)20(32)18(9-30)42-27/h5-7,14-16,19-26,28-29,31-38H,8-13H2,1-4H3;5-7,13-15,18-25,27-28,30-37H,8-12H2,1-4H3;5-7,12-14,17-24,26-27,29-36H,8-11H2,1-4H3. The van der Waals surface area contributed by atoms with Crippen LogP contribution in [0.25, 0.3) is 0 Å². The maximum absolute atomic E-state index is 13.1. The van der Waals surface area contributed by atoms with Gasteiger partial charge in [0.25, 0.3) is 0 Å². The molecule has 24 N–H and O–H groups in total. The van der Waals surface area contributed by atoms with E-state index in [-0.39, 0.29) is 81.6 Å². The minimum atomic E-state index is -1.73. The van der Waals surface area contributed by atoms with Gasteiger partial charge in [-0.3, -0.25) is 0 Å². The van der Waals surface area contributed by atoms with Crippen molar-refractivity contribution in [3.05, 3.63) is 88.0 Å². The number of aliphatic hydroxyl groups is 24. The normalized spacial score (nSPS) is 33.4. The molecule has 6 aliphatic rings. The molecule has 9 rings (SSSR count). The van der Waals surface area contributed by atoms with Crippen LogP contribution in [0.1, 0.15) is 158 Å². The van der Waals surface area contributed by atoms with Gasteiger partial charge in [-0.15, -0.1) is 0 Å². The van der Waals surface area contributed by atoms with E-state index in [1.807, 2.05) is 138 Å². The fourth-order valence-electron chi connectivity index (χ4n) is 14.8. The van der Waals surface area contributed by atoms with Gasteiger partial charge >= 0.3 is 18.5 Å². The number of carbonyl (C=O) groups excluding carboxylic acids is 3. The topological polar surface area (TPSA) is 703 Å². The fourth-order valence-corrected chi connectivity index (χ4v) is 14.8. The summed E-state index contributed by atoms with van der Waals surface area (Å²) in [5.41, 5.74) is 4.82. The monoisotopic (exact) mass is 1900 g/mol. The first-order chi connectivity index (χ1) is 62.4. The van der Waals surface area contributed by atoms with E-state index in [4.69, 9.17) is 85.3 Å². The van der Waals surface area contributed by atoms with E-state index in [0.29, 0.717) is 17.2 Å². The molecule has 30 unspecified atom stereocenters. The zero-order valence-corrected chi connectivity index (χ0v) is 75.6. The fraction of sp³-hybridized carbons (Fsp3) is 0.759. The molecule has 6 heterocycles. The highest BCUT2D eigenvalue weighted by molar-refractivity contribution is 5.68. The number of aliphatic hydroxyl groups excluding tert-OH is 24. The van der Waals surface area contributed by atoms with Crippen molar-refractivity contribution in [3.63, 3.8) is 0 Å². The number of para-hydroxylation sites is 3. The number of benzene rings is 3. The Kier molecular flexibility index (Phi) is 46.1. The van der Waals surface area contributed by atoms with Crippen molar-refractivity contribution in [2.24, 2.45) is 11.8 Å². The zero-order valence-electron chi connectivity index (χ0n) is 75.6. The Hall–Kier alpha value is -5.97. The summed E-state index contributed by atoms with van der Waals surface area (Å²) < 4.78 is 98.9. The summed E-state index contributed by atoms with van der Waals surface area (Å²) >= 11 is 0. The highest BCUT2D eigenvalue weighted by Gasteiger charge is 2.51. The zero-order chi connectivity index (χ0) is 98.1. The van der Waals surface area contributed by atoms with Crippen molar-refractivity contribution in [2.45, 2.75) is 315 Å². The van der Waals surface area contributed by atoms with Crippen molar-refractivity contribution in [1.29, 1.82) is 0 Å². The van der Waals surface area contributed by atoms with E-state index < -0.39 is 273 Å². The maximum atomic E-state index is 13.1. The first-order valence-corrected chi connectivity index (χ1v) is 43.9. The third kappa shape index (κ3) is 30.3. The molecule has 0 aliphatic carbocycles. The molecule has 3 aromatic rings. The van der Waals surface area contributed by atoms with Crippen LogP contribution in [0.5, 0.6) is 17.2 Å². The number of hydrogen-bond acceptors (Lipinski definition) is 45. The van der Waals surface area contributed by atoms with Crippen molar-refractivity contribution < 1.29 is 222 Å². The Morgan fingerprint density at radius 2 is 0.470 bits per heavy atom. The van der Waals surface area contributed by atoms with Crippen LogP contribution >= 0.6 is 0 Å². The third-order valence-electron chi connectivity index (χ3n) is 22.9. The maximum Gasteiger partial charge on any atom is 0.514 e. The minimum Gasteiger partial charge on any atom is -0.434 e. The average molecular weight is 1900 g/mol. The first-order valence-electron chi connectivity index (χ1n) is 43.9. The van der Waals surface area contributed by atoms with Crippen molar-refractivity contribution >= 4 is 18.5 Å². The first kappa shape index (κ1) is 113. The van der Waals surface area contributed by atoms with E-state index in [9.17, 15) is 137 Å². The molecule has 0 spiro atoms. The summed E-state index contributed by atoms with van der Waals surface area (Å²) in [5, 5.41) is 239. The summed E-state index contributed by atoms with van der Waals surface area (Å²) in [6, 6.07) is 16.7. The van der Waals surface area contributed by atoms with E-state index in [0.717, 1.165) is 33.4 Å². The Balaban J connectivity index is 0.000000271. The molecular formula is C87H138O45. The Morgan fingerprint density at radius 3 is 0.689 bits per heavy atom. The van der Waals surface area contributed by atoms with Crippen LogP contribution in [0.4, 0.5) is 14.4 Å². The second-order valence-corrected chi connectivity index (χ2v) is 34.9. The van der Waals surface area contributed by atoms with Crippen LogP contribution < -0.4 is 14.2 Å². The van der Waals surface area contributed by atoms with E-state index in [1.165, 1.54) is 0 Å². The number of carbonyl (C=O) groups is 3. The van der Waals surface area contributed by atoms with Crippen LogP contribution in [0.15, 0.2) is 54.6 Å². The van der Waals surface area contributed by atoms with Gasteiger partial charge in [-0.05, 0) is 75.3 Å². The van der Waals surface area contributed by atoms with Gasteiger partial charge in [0.15, 0.2) is 43.8 Å². The highest BCUT2D eigenvalue weighted by atomic mass is 16.8. The van der Waals surface area contributed by atoms with Crippen molar-refractivity contribution in [1.82, 2.24) is 0 Å². The molecule has 132 heavy (non-hydrogen) atoms. The molecule has 0 aromatic heterocycles. The van der Waals surface area contributed by atoms with E-state index in [1.54, 1.807) is 0 Å². The quantitative estimate of drug-likeness (QED) is 0.0148. The Bertz CT molecular complexity index is 3670. The molecule has 0 saturated carbocycles. The summed E-state index contributed by atoms with van der Waals surface area (Å²) in [5.74, 6) is -0.117. The molecule has 6 saturated heterocycles. The summed E-state index contributed by atoms with van der Waals surface area (Å²) in [4.78, 5) is 38.7. The number of rotatable bonds is 39. The Morgan fingerprint density at radius 1 is 0.265 bits per heavy atom. The summed E-state index contributed by atoms with van der Waals surface area (Å²) in [7, 11) is 0. The molecule has 45 nitrogen and oxygen atoms in total.